The first kappa shape index (κ1) is 31.0. The summed E-state index contributed by atoms with van der Waals surface area (Å²) in [5.41, 5.74) is 1.86. The van der Waals surface area contributed by atoms with Crippen LogP contribution in [0.25, 0.3) is 10.9 Å². The van der Waals surface area contributed by atoms with Gasteiger partial charge < -0.3 is 25.0 Å². The summed E-state index contributed by atoms with van der Waals surface area (Å²) in [6.07, 6.45) is 0.592. The number of hydrogen-bond acceptors (Lipinski definition) is 7. The molecule has 43 heavy (non-hydrogen) atoms. The molecular weight excluding hydrogens is 581 g/mol. The van der Waals surface area contributed by atoms with Crippen molar-refractivity contribution in [3.8, 4) is 17.6 Å². The SMILES string of the molecule is CC1(N2CCOCC2)CCC(Nc2cccc3c2cc(C#CCNc2ccc(S(C)(=O)=O)cc2O)n3CC(F)(F)F)CC1. The minimum absolute atomic E-state index is 0.0222. The van der Waals surface area contributed by atoms with Gasteiger partial charge in [0.1, 0.15) is 12.3 Å². The maximum atomic E-state index is 13.6. The normalized spacial score (nSPS) is 21.7. The number of phenolic OH excluding ortho intramolecular Hbond substituents is 1. The van der Waals surface area contributed by atoms with Crippen LogP contribution in [-0.4, -0.2) is 79.9 Å². The van der Waals surface area contributed by atoms with Crippen LogP contribution in [0.1, 0.15) is 38.3 Å². The van der Waals surface area contributed by atoms with Gasteiger partial charge in [-0.05, 0) is 68.9 Å². The van der Waals surface area contributed by atoms with E-state index in [1.54, 1.807) is 18.2 Å². The highest BCUT2D eigenvalue weighted by Gasteiger charge is 2.37. The Labute approximate surface area is 250 Å². The average molecular weight is 619 g/mol. The second-order valence-corrected chi connectivity index (χ2v) is 13.6. The summed E-state index contributed by atoms with van der Waals surface area (Å²) in [5.74, 6) is 5.43. The van der Waals surface area contributed by atoms with E-state index in [9.17, 15) is 26.7 Å². The van der Waals surface area contributed by atoms with E-state index in [4.69, 9.17) is 4.74 Å². The zero-order valence-electron chi connectivity index (χ0n) is 24.3. The number of fused-ring (bicyclic) bond motifs is 1. The molecule has 2 heterocycles. The van der Waals surface area contributed by atoms with Crippen LogP contribution < -0.4 is 10.6 Å². The highest BCUT2D eigenvalue weighted by Crippen LogP contribution is 2.37. The third-order valence-electron chi connectivity index (χ3n) is 8.46. The summed E-state index contributed by atoms with van der Waals surface area (Å²) in [6.45, 7) is 4.57. The fraction of sp³-hybridized carbons (Fsp3) is 0.484. The van der Waals surface area contributed by atoms with Gasteiger partial charge in [0, 0.05) is 48.1 Å². The highest BCUT2D eigenvalue weighted by molar-refractivity contribution is 7.90. The summed E-state index contributed by atoms with van der Waals surface area (Å²) >= 11 is 0. The molecule has 0 amide bonds. The first-order valence-electron chi connectivity index (χ1n) is 14.4. The maximum Gasteiger partial charge on any atom is 0.406 e. The van der Waals surface area contributed by atoms with E-state index in [2.05, 4.69) is 34.3 Å². The smallest absolute Gasteiger partial charge is 0.406 e. The second-order valence-electron chi connectivity index (χ2n) is 11.6. The van der Waals surface area contributed by atoms with Crippen molar-refractivity contribution in [3.05, 3.63) is 48.2 Å². The predicted octanol–water partition coefficient (Wildman–Crippen LogP) is 5.22. The number of phenols is 1. The number of aromatic hydroxyl groups is 1. The zero-order valence-corrected chi connectivity index (χ0v) is 25.1. The second kappa shape index (κ2) is 12.3. The van der Waals surface area contributed by atoms with Crippen LogP contribution in [0.3, 0.4) is 0 Å². The van der Waals surface area contributed by atoms with Gasteiger partial charge in [0.15, 0.2) is 9.84 Å². The standard InChI is InChI=1S/C31H37F3N4O4S/c1-30(37-15-17-42-18-16-37)12-10-22(11-13-30)36-26-6-3-7-28-25(26)19-23(38(28)21-31(32,33)34)5-4-14-35-27-9-8-24(20-29(27)39)43(2,40)41/h3,6-9,19-20,22,35-36,39H,10-18,21H2,1-2H3. The lowest BCUT2D eigenvalue weighted by atomic mass is 9.79. The van der Waals surface area contributed by atoms with Gasteiger partial charge in [-0.2, -0.15) is 13.2 Å². The number of rotatable bonds is 7. The van der Waals surface area contributed by atoms with Gasteiger partial charge in [-0.25, -0.2) is 8.42 Å². The van der Waals surface area contributed by atoms with Gasteiger partial charge in [0.05, 0.1) is 41.6 Å². The molecule has 0 bridgehead atoms. The molecule has 1 aliphatic carbocycles. The summed E-state index contributed by atoms with van der Waals surface area (Å²) in [6, 6.07) is 11.2. The molecule has 0 radical (unpaired) electrons. The molecule has 3 aromatic rings. The number of alkyl halides is 3. The van der Waals surface area contributed by atoms with Gasteiger partial charge >= 0.3 is 6.18 Å². The van der Waals surface area contributed by atoms with Crippen LogP contribution in [0.15, 0.2) is 47.4 Å². The summed E-state index contributed by atoms with van der Waals surface area (Å²) in [7, 11) is -3.48. The van der Waals surface area contributed by atoms with Crippen molar-refractivity contribution in [1.82, 2.24) is 9.47 Å². The number of halogens is 3. The van der Waals surface area contributed by atoms with Crippen LogP contribution in [0, 0.1) is 11.8 Å². The number of hydrogen-bond donors (Lipinski definition) is 3. The summed E-state index contributed by atoms with van der Waals surface area (Å²) in [5, 5.41) is 17.4. The van der Waals surface area contributed by atoms with Gasteiger partial charge in [-0.1, -0.05) is 12.0 Å². The number of morpholine rings is 1. The molecule has 2 aliphatic rings. The van der Waals surface area contributed by atoms with E-state index in [1.165, 1.54) is 16.7 Å². The van der Waals surface area contributed by atoms with Crippen LogP contribution in [0.2, 0.25) is 0 Å². The zero-order chi connectivity index (χ0) is 30.8. The first-order valence-corrected chi connectivity index (χ1v) is 16.3. The summed E-state index contributed by atoms with van der Waals surface area (Å²) in [4.78, 5) is 2.50. The lowest BCUT2D eigenvalue weighted by Crippen LogP contribution is -2.54. The Balaban J connectivity index is 1.33. The molecule has 12 heteroatoms. The molecule has 1 aliphatic heterocycles. The van der Waals surface area contributed by atoms with E-state index in [1.807, 2.05) is 6.07 Å². The fourth-order valence-electron chi connectivity index (χ4n) is 6.05. The molecule has 3 N–H and O–H groups in total. The topological polar surface area (TPSA) is 95.8 Å². The molecule has 1 saturated carbocycles. The Kier molecular flexibility index (Phi) is 8.88. The van der Waals surface area contributed by atoms with E-state index in [0.29, 0.717) is 10.9 Å². The van der Waals surface area contributed by atoms with Gasteiger partial charge in [-0.3, -0.25) is 4.90 Å². The van der Waals surface area contributed by atoms with E-state index in [-0.39, 0.29) is 40.2 Å². The van der Waals surface area contributed by atoms with Gasteiger partial charge in [0.2, 0.25) is 0 Å². The molecule has 2 fully saturated rings. The Morgan fingerprint density at radius 2 is 1.81 bits per heavy atom. The van der Waals surface area contributed by atoms with Crippen LogP contribution in [0.4, 0.5) is 24.5 Å². The average Bonchev–Trinajstić information content (AvgIpc) is 3.29. The lowest BCUT2D eigenvalue weighted by molar-refractivity contribution is -0.140. The maximum absolute atomic E-state index is 13.6. The van der Waals surface area contributed by atoms with Gasteiger partial charge in [-0.15, -0.1) is 0 Å². The quantitative estimate of drug-likeness (QED) is 0.247. The number of nitrogens with one attached hydrogen (secondary N) is 2. The van der Waals surface area contributed by atoms with Crippen molar-refractivity contribution in [2.45, 2.75) is 61.8 Å². The number of anilines is 2. The Morgan fingerprint density at radius 3 is 2.47 bits per heavy atom. The third-order valence-corrected chi connectivity index (χ3v) is 9.57. The molecule has 8 nitrogen and oxygen atoms in total. The Bertz CT molecular complexity index is 1630. The minimum Gasteiger partial charge on any atom is -0.506 e. The molecule has 5 rings (SSSR count). The van der Waals surface area contributed by atoms with Crippen molar-refractivity contribution in [2.75, 3.05) is 49.7 Å². The predicted molar refractivity (Wildman–Crippen MR) is 161 cm³/mol. The monoisotopic (exact) mass is 618 g/mol. The number of sulfone groups is 1. The van der Waals surface area contributed by atoms with Crippen LogP contribution in [0.5, 0.6) is 5.75 Å². The van der Waals surface area contributed by atoms with Gasteiger partial charge in [0.25, 0.3) is 0 Å². The Morgan fingerprint density at radius 1 is 1.09 bits per heavy atom. The number of aromatic nitrogens is 1. The molecule has 1 aromatic heterocycles. The minimum atomic E-state index is -4.44. The Hall–Kier alpha value is -3.40. The molecule has 2 aromatic carbocycles. The highest BCUT2D eigenvalue weighted by atomic mass is 32.2. The van der Waals surface area contributed by atoms with E-state index < -0.39 is 22.6 Å². The van der Waals surface area contributed by atoms with E-state index >= 15 is 0 Å². The molecule has 0 atom stereocenters. The molecule has 1 saturated heterocycles. The first-order chi connectivity index (χ1) is 20.3. The van der Waals surface area contributed by atoms with Crippen molar-refractivity contribution in [3.63, 3.8) is 0 Å². The van der Waals surface area contributed by atoms with Crippen LogP contribution >= 0.6 is 0 Å². The molecule has 0 unspecified atom stereocenters. The van der Waals surface area contributed by atoms with Crippen molar-refractivity contribution < 1.29 is 31.4 Å². The molecule has 0 spiro atoms. The summed E-state index contributed by atoms with van der Waals surface area (Å²) < 4.78 is 70.9. The molecule has 232 valence electrons. The fourth-order valence-corrected chi connectivity index (χ4v) is 6.69. The number of nitrogens with zero attached hydrogens (tertiary/aromatic N) is 2. The van der Waals surface area contributed by atoms with E-state index in [0.717, 1.165) is 70.0 Å². The van der Waals surface area contributed by atoms with Crippen molar-refractivity contribution in [1.29, 1.82) is 0 Å². The molecular formula is C31H37F3N4O4S. The number of ether oxygens (including phenoxy) is 1. The van der Waals surface area contributed by atoms with Crippen molar-refractivity contribution in [2.24, 2.45) is 0 Å². The number of benzene rings is 2. The lowest BCUT2D eigenvalue weighted by Gasteiger charge is -2.47. The van der Waals surface area contributed by atoms with Crippen LogP contribution in [-0.2, 0) is 21.1 Å². The largest absolute Gasteiger partial charge is 0.506 e. The third kappa shape index (κ3) is 7.40. The van der Waals surface area contributed by atoms with Crippen molar-refractivity contribution >= 4 is 32.1 Å².